The van der Waals surface area contributed by atoms with Crippen molar-refractivity contribution in [3.8, 4) is 21.8 Å². The summed E-state index contributed by atoms with van der Waals surface area (Å²) >= 11 is 1.41. The molecule has 2 heterocycles. The fourth-order valence-corrected chi connectivity index (χ4v) is 4.27. The van der Waals surface area contributed by atoms with Crippen molar-refractivity contribution in [1.29, 1.82) is 0 Å². The number of thiazole rings is 1. The number of carbonyl (C=O) groups is 1. The first-order valence-electron chi connectivity index (χ1n) is 10.4. The maximum atomic E-state index is 14.6. The lowest BCUT2D eigenvalue weighted by atomic mass is 9.98. The van der Waals surface area contributed by atoms with Crippen LogP contribution in [0.2, 0.25) is 0 Å². The molecule has 4 N–H and O–H groups in total. The predicted molar refractivity (Wildman–Crippen MR) is 131 cm³/mol. The molecular weight excluding hydrogens is 477 g/mol. The summed E-state index contributed by atoms with van der Waals surface area (Å²) in [5.74, 6) is -2.35. The highest BCUT2D eigenvalue weighted by Gasteiger charge is 2.24. The number of nitrogens with one attached hydrogen (secondary N) is 2. The molecule has 0 aliphatic rings. The van der Waals surface area contributed by atoms with Crippen molar-refractivity contribution < 1.29 is 18.0 Å². The van der Waals surface area contributed by atoms with Crippen molar-refractivity contribution in [3.05, 3.63) is 71.1 Å². The highest BCUT2D eigenvalue weighted by Crippen LogP contribution is 2.41. The van der Waals surface area contributed by atoms with Crippen LogP contribution in [0.5, 0.6) is 0 Å². The number of rotatable bonds is 4. The normalized spacial score (nSPS) is 11.4. The van der Waals surface area contributed by atoms with Gasteiger partial charge in [-0.15, -0.1) is 11.3 Å². The lowest BCUT2D eigenvalue weighted by molar-refractivity contribution is 0.262. The van der Waals surface area contributed by atoms with Gasteiger partial charge >= 0.3 is 6.03 Å². The first kappa shape index (κ1) is 24.1. The van der Waals surface area contributed by atoms with E-state index >= 15 is 0 Å². The quantitative estimate of drug-likeness (QED) is 0.310. The fraction of sp³-hybridized carbons (Fsp3) is 0.167. The zero-order chi connectivity index (χ0) is 25.3. The third kappa shape index (κ3) is 5.40. The largest absolute Gasteiger partial charge is 0.368 e. The Morgan fingerprint density at radius 2 is 1.69 bits per heavy atom. The summed E-state index contributed by atoms with van der Waals surface area (Å²) in [6.45, 7) is 6.05. The van der Waals surface area contributed by atoms with Gasteiger partial charge in [-0.3, -0.25) is 0 Å². The molecule has 2 amide bonds. The van der Waals surface area contributed by atoms with Crippen molar-refractivity contribution >= 4 is 34.7 Å². The van der Waals surface area contributed by atoms with Gasteiger partial charge in [-0.05, 0) is 35.9 Å². The second-order valence-corrected chi connectivity index (χ2v) is 9.64. The first-order chi connectivity index (χ1) is 16.5. The van der Waals surface area contributed by atoms with Crippen LogP contribution in [0, 0.1) is 17.5 Å². The van der Waals surface area contributed by atoms with Crippen LogP contribution in [-0.4, -0.2) is 21.0 Å². The second-order valence-electron chi connectivity index (χ2n) is 8.64. The number of anilines is 3. The summed E-state index contributed by atoms with van der Waals surface area (Å²) in [6, 6.07) is 7.70. The molecule has 0 bridgehead atoms. The Balaban J connectivity index is 1.70. The maximum absolute atomic E-state index is 14.6. The van der Waals surface area contributed by atoms with E-state index in [1.165, 1.54) is 29.7 Å². The molecule has 35 heavy (non-hydrogen) atoms. The van der Waals surface area contributed by atoms with E-state index in [1.807, 2.05) is 20.8 Å². The number of halogens is 3. The summed E-state index contributed by atoms with van der Waals surface area (Å²) in [5.41, 5.74) is 6.73. The van der Waals surface area contributed by atoms with Gasteiger partial charge in [0, 0.05) is 17.7 Å². The third-order valence-corrected chi connectivity index (χ3v) is 6.37. The first-order valence-corrected chi connectivity index (χ1v) is 11.3. The Morgan fingerprint density at radius 3 is 2.37 bits per heavy atom. The molecule has 2 aromatic carbocycles. The van der Waals surface area contributed by atoms with Crippen molar-refractivity contribution in [1.82, 2.24) is 15.0 Å². The van der Waals surface area contributed by atoms with E-state index in [-0.39, 0.29) is 22.7 Å². The zero-order valence-electron chi connectivity index (χ0n) is 19.0. The number of urea groups is 1. The predicted octanol–water partition coefficient (Wildman–Crippen LogP) is 6.21. The maximum Gasteiger partial charge on any atom is 0.323 e. The summed E-state index contributed by atoms with van der Waals surface area (Å²) in [4.78, 5) is 26.0. The molecule has 0 aliphatic heterocycles. The number of nitrogen functional groups attached to an aromatic ring is 1. The van der Waals surface area contributed by atoms with E-state index in [1.54, 1.807) is 12.1 Å². The molecule has 4 rings (SSSR count). The van der Waals surface area contributed by atoms with Gasteiger partial charge < -0.3 is 16.4 Å². The number of nitrogens with zero attached hydrogens (tertiary/aromatic N) is 3. The van der Waals surface area contributed by atoms with Crippen LogP contribution >= 0.6 is 11.3 Å². The van der Waals surface area contributed by atoms with Crippen LogP contribution in [0.1, 0.15) is 25.8 Å². The lowest BCUT2D eigenvalue weighted by Gasteiger charge is -2.13. The van der Waals surface area contributed by atoms with E-state index in [9.17, 15) is 18.0 Å². The van der Waals surface area contributed by atoms with Crippen LogP contribution < -0.4 is 16.4 Å². The Hall–Kier alpha value is -3.99. The SMILES string of the molecule is CC(C)(C)c1nc(-c2ccnc(N)n2)c(-c2ccc(F)c(NC(=O)Nc3ccc(F)cc3F)c2)s1. The summed E-state index contributed by atoms with van der Waals surface area (Å²) in [5, 5.41) is 5.43. The van der Waals surface area contributed by atoms with Gasteiger partial charge in [-0.1, -0.05) is 26.8 Å². The number of aromatic nitrogens is 3. The minimum atomic E-state index is -0.956. The average molecular weight is 499 g/mol. The van der Waals surface area contributed by atoms with Gasteiger partial charge in [0.2, 0.25) is 5.95 Å². The molecule has 4 aromatic rings. The Morgan fingerprint density at radius 1 is 0.943 bits per heavy atom. The highest BCUT2D eigenvalue weighted by atomic mass is 32.1. The number of hydrogen-bond acceptors (Lipinski definition) is 6. The lowest BCUT2D eigenvalue weighted by Crippen LogP contribution is -2.20. The molecule has 0 saturated carbocycles. The van der Waals surface area contributed by atoms with Gasteiger partial charge in [0.25, 0.3) is 0 Å². The second kappa shape index (κ2) is 9.34. The van der Waals surface area contributed by atoms with E-state index in [4.69, 9.17) is 10.7 Å². The summed E-state index contributed by atoms with van der Waals surface area (Å²) in [7, 11) is 0. The number of hydrogen-bond donors (Lipinski definition) is 3. The van der Waals surface area contributed by atoms with E-state index in [0.717, 1.165) is 17.1 Å². The van der Waals surface area contributed by atoms with Crippen molar-refractivity contribution in [2.45, 2.75) is 26.2 Å². The number of amides is 2. The van der Waals surface area contributed by atoms with E-state index in [0.29, 0.717) is 27.9 Å². The van der Waals surface area contributed by atoms with E-state index in [2.05, 4.69) is 20.6 Å². The van der Waals surface area contributed by atoms with Crippen molar-refractivity contribution in [2.24, 2.45) is 0 Å². The summed E-state index contributed by atoms with van der Waals surface area (Å²) < 4.78 is 41.5. The average Bonchev–Trinajstić information content (AvgIpc) is 3.23. The summed E-state index contributed by atoms with van der Waals surface area (Å²) in [6.07, 6.45) is 1.52. The molecule has 0 unspecified atom stereocenters. The van der Waals surface area contributed by atoms with E-state index < -0.39 is 23.5 Å². The van der Waals surface area contributed by atoms with Gasteiger partial charge in [0.05, 0.1) is 27.0 Å². The van der Waals surface area contributed by atoms with Gasteiger partial charge in [0.1, 0.15) is 23.1 Å². The number of benzene rings is 2. The van der Waals surface area contributed by atoms with Crippen LogP contribution in [0.4, 0.5) is 35.3 Å². The molecule has 11 heteroatoms. The molecular formula is C24H21F3N6OS. The topological polar surface area (TPSA) is 106 Å². The number of nitrogens with two attached hydrogens (primary N) is 1. The standard InChI is InChI=1S/C24H21F3N6OS/c1-24(2,3)21-33-19(17-8-9-29-22(28)30-17)20(35-21)12-4-6-14(26)18(10-12)32-23(34)31-16-7-5-13(25)11-15(16)27/h4-11H,1-3H3,(H2,28,29,30)(H2,31,32,34). The third-order valence-electron chi connectivity index (χ3n) is 4.84. The molecule has 0 spiro atoms. The number of carbonyl (C=O) groups excluding carboxylic acids is 1. The van der Waals surface area contributed by atoms with Crippen LogP contribution in [0.25, 0.3) is 21.8 Å². The molecule has 180 valence electrons. The molecule has 0 aliphatic carbocycles. The van der Waals surface area contributed by atoms with Gasteiger partial charge in [0.15, 0.2) is 0 Å². The smallest absolute Gasteiger partial charge is 0.323 e. The molecule has 7 nitrogen and oxygen atoms in total. The molecule has 0 saturated heterocycles. The Bertz CT molecular complexity index is 1420. The Kier molecular flexibility index (Phi) is 6.44. The van der Waals surface area contributed by atoms with Crippen LogP contribution in [0.3, 0.4) is 0 Å². The monoisotopic (exact) mass is 498 g/mol. The molecule has 0 fully saturated rings. The van der Waals surface area contributed by atoms with Crippen molar-refractivity contribution in [3.63, 3.8) is 0 Å². The molecule has 2 aromatic heterocycles. The van der Waals surface area contributed by atoms with Crippen molar-refractivity contribution in [2.75, 3.05) is 16.4 Å². The molecule has 0 radical (unpaired) electrons. The fourth-order valence-electron chi connectivity index (χ4n) is 3.14. The minimum Gasteiger partial charge on any atom is -0.368 e. The van der Waals surface area contributed by atoms with Gasteiger partial charge in [-0.2, -0.15) is 0 Å². The van der Waals surface area contributed by atoms with Crippen LogP contribution in [0.15, 0.2) is 48.7 Å². The zero-order valence-corrected chi connectivity index (χ0v) is 19.8. The van der Waals surface area contributed by atoms with Gasteiger partial charge in [-0.25, -0.2) is 32.9 Å². The molecule has 0 atom stereocenters. The minimum absolute atomic E-state index is 0.0879. The van der Waals surface area contributed by atoms with Crippen LogP contribution in [-0.2, 0) is 5.41 Å². The highest BCUT2D eigenvalue weighted by molar-refractivity contribution is 7.15. The Labute approximate surface area is 203 Å².